The number of carbonyl (C=O) groups excluding carboxylic acids is 2. The lowest BCUT2D eigenvalue weighted by molar-refractivity contribution is -0.136. The fraction of sp³-hybridized carbons (Fsp3) is 0.286. The van der Waals surface area contributed by atoms with Crippen molar-refractivity contribution in [2.75, 3.05) is 13.2 Å². The van der Waals surface area contributed by atoms with Gasteiger partial charge in [0.15, 0.2) is 6.29 Å². The highest BCUT2D eigenvalue weighted by atomic mass is 16.5. The normalized spacial score (nSPS) is 9.00. The van der Waals surface area contributed by atoms with E-state index in [1.165, 1.54) is 0 Å². The van der Waals surface area contributed by atoms with Crippen molar-refractivity contribution >= 4 is 12.3 Å². The molecule has 0 aliphatic carbocycles. The fourth-order valence-electron chi connectivity index (χ4n) is 1.35. The predicted octanol–water partition coefficient (Wildman–Crippen LogP) is 1.75. The number of hydrogen-bond acceptors (Lipinski definition) is 4. The van der Waals surface area contributed by atoms with E-state index in [2.05, 4.69) is 16.6 Å². The third kappa shape index (κ3) is 3.95. The van der Waals surface area contributed by atoms with Crippen LogP contribution in [0.4, 0.5) is 0 Å². The summed E-state index contributed by atoms with van der Waals surface area (Å²) in [5.74, 6) is 4.73. The topological polar surface area (TPSA) is 52.6 Å². The van der Waals surface area contributed by atoms with Gasteiger partial charge in [0, 0.05) is 5.92 Å². The molecule has 18 heavy (non-hydrogen) atoms. The first-order valence-electron chi connectivity index (χ1n) is 5.52. The number of aldehydes is 1. The second-order valence-corrected chi connectivity index (χ2v) is 3.42. The van der Waals surface area contributed by atoms with Gasteiger partial charge >= 0.3 is 5.97 Å². The van der Waals surface area contributed by atoms with Gasteiger partial charge in [0.2, 0.25) is 0 Å². The number of benzene rings is 1. The van der Waals surface area contributed by atoms with Crippen LogP contribution >= 0.6 is 0 Å². The van der Waals surface area contributed by atoms with Crippen molar-refractivity contribution in [2.45, 2.75) is 13.8 Å². The maximum absolute atomic E-state index is 10.9. The van der Waals surface area contributed by atoms with Gasteiger partial charge in [-0.2, -0.15) is 0 Å². The molecule has 1 rings (SSSR count). The van der Waals surface area contributed by atoms with Crippen LogP contribution in [0.2, 0.25) is 0 Å². The summed E-state index contributed by atoms with van der Waals surface area (Å²) in [4.78, 5) is 21.8. The van der Waals surface area contributed by atoms with Crippen LogP contribution in [0.3, 0.4) is 0 Å². The van der Waals surface area contributed by atoms with Crippen LogP contribution in [0.1, 0.15) is 22.8 Å². The summed E-state index contributed by atoms with van der Waals surface area (Å²) in [5, 5.41) is 0. The van der Waals surface area contributed by atoms with Gasteiger partial charge in [-0.15, -0.1) is 0 Å². The fourth-order valence-corrected chi connectivity index (χ4v) is 1.35. The van der Waals surface area contributed by atoms with Crippen LogP contribution in [0.25, 0.3) is 0 Å². The van der Waals surface area contributed by atoms with Crippen LogP contribution in [-0.2, 0) is 9.53 Å². The number of para-hydroxylation sites is 1. The third-order valence-corrected chi connectivity index (χ3v) is 2.12. The SMILES string of the molecule is CCOC(=O)C#CCOc1c(C)cccc1C=O. The zero-order chi connectivity index (χ0) is 13.4. The number of rotatable bonds is 4. The monoisotopic (exact) mass is 246 g/mol. The van der Waals surface area contributed by atoms with E-state index in [-0.39, 0.29) is 6.61 Å². The van der Waals surface area contributed by atoms with Gasteiger partial charge in [0.05, 0.1) is 12.2 Å². The van der Waals surface area contributed by atoms with Gasteiger partial charge in [0.25, 0.3) is 0 Å². The Labute approximate surface area is 106 Å². The molecule has 0 N–H and O–H groups in total. The summed E-state index contributed by atoms with van der Waals surface area (Å²) >= 11 is 0. The van der Waals surface area contributed by atoms with E-state index in [0.29, 0.717) is 17.9 Å². The molecule has 1 aromatic carbocycles. The molecule has 0 radical (unpaired) electrons. The Morgan fingerprint density at radius 1 is 1.44 bits per heavy atom. The Morgan fingerprint density at radius 2 is 2.22 bits per heavy atom. The summed E-state index contributed by atoms with van der Waals surface area (Å²) in [7, 11) is 0. The van der Waals surface area contributed by atoms with E-state index in [4.69, 9.17) is 4.74 Å². The Hall–Kier alpha value is -2.28. The Morgan fingerprint density at radius 3 is 2.89 bits per heavy atom. The summed E-state index contributed by atoms with van der Waals surface area (Å²) in [6.07, 6.45) is 0.723. The molecule has 0 aliphatic heterocycles. The first-order chi connectivity index (χ1) is 8.69. The molecule has 0 fully saturated rings. The van der Waals surface area contributed by atoms with Crippen molar-refractivity contribution in [2.24, 2.45) is 0 Å². The average molecular weight is 246 g/mol. The minimum absolute atomic E-state index is 0.0322. The van der Waals surface area contributed by atoms with Gasteiger partial charge in [-0.05, 0) is 31.4 Å². The van der Waals surface area contributed by atoms with E-state index in [1.54, 1.807) is 19.1 Å². The number of esters is 1. The lowest BCUT2D eigenvalue weighted by Crippen LogP contribution is -2.03. The van der Waals surface area contributed by atoms with Gasteiger partial charge in [-0.3, -0.25) is 4.79 Å². The van der Waals surface area contributed by atoms with Crippen LogP contribution in [0.5, 0.6) is 5.75 Å². The van der Waals surface area contributed by atoms with E-state index < -0.39 is 5.97 Å². The molecule has 0 unspecified atom stereocenters. The maximum Gasteiger partial charge on any atom is 0.384 e. The molecular formula is C14H14O4. The number of carbonyl (C=O) groups is 2. The third-order valence-electron chi connectivity index (χ3n) is 2.12. The summed E-state index contributed by atoms with van der Waals surface area (Å²) in [6.45, 7) is 3.87. The van der Waals surface area contributed by atoms with E-state index in [9.17, 15) is 9.59 Å². The summed E-state index contributed by atoms with van der Waals surface area (Å²) < 4.78 is 10.0. The maximum atomic E-state index is 10.9. The standard InChI is InChI=1S/C14H14O4/c1-3-17-13(16)8-5-9-18-14-11(2)6-4-7-12(14)10-15/h4,6-7,10H,3,9H2,1-2H3. The van der Waals surface area contributed by atoms with Gasteiger partial charge in [-0.25, -0.2) is 4.79 Å². The molecule has 4 heteroatoms. The zero-order valence-electron chi connectivity index (χ0n) is 10.4. The molecule has 0 heterocycles. The molecule has 0 amide bonds. The number of hydrogen-bond donors (Lipinski definition) is 0. The quantitative estimate of drug-likeness (QED) is 0.351. The van der Waals surface area contributed by atoms with Crippen molar-refractivity contribution in [1.82, 2.24) is 0 Å². The van der Waals surface area contributed by atoms with E-state index in [0.717, 1.165) is 11.8 Å². The average Bonchev–Trinajstić information content (AvgIpc) is 2.36. The molecule has 0 aromatic heterocycles. The Bertz CT molecular complexity index is 494. The lowest BCUT2D eigenvalue weighted by Gasteiger charge is -2.07. The molecular weight excluding hydrogens is 232 g/mol. The molecule has 0 saturated carbocycles. The van der Waals surface area contributed by atoms with E-state index in [1.807, 2.05) is 13.0 Å². The highest BCUT2D eigenvalue weighted by Gasteiger charge is 2.04. The molecule has 0 aliphatic rings. The minimum Gasteiger partial charge on any atom is -0.480 e. The molecule has 0 saturated heterocycles. The van der Waals surface area contributed by atoms with Gasteiger partial charge in [-0.1, -0.05) is 12.1 Å². The van der Waals surface area contributed by atoms with Crippen molar-refractivity contribution in [3.63, 3.8) is 0 Å². The van der Waals surface area contributed by atoms with Crippen molar-refractivity contribution < 1.29 is 19.1 Å². The van der Waals surface area contributed by atoms with Crippen molar-refractivity contribution in [3.8, 4) is 17.6 Å². The smallest absolute Gasteiger partial charge is 0.384 e. The highest BCUT2D eigenvalue weighted by molar-refractivity contribution is 5.88. The van der Waals surface area contributed by atoms with Gasteiger partial charge in [0.1, 0.15) is 12.4 Å². The minimum atomic E-state index is -0.582. The molecule has 0 spiro atoms. The molecule has 0 atom stereocenters. The second kappa shape index (κ2) is 7.13. The van der Waals surface area contributed by atoms with E-state index >= 15 is 0 Å². The zero-order valence-corrected chi connectivity index (χ0v) is 10.4. The highest BCUT2D eigenvalue weighted by Crippen LogP contribution is 2.21. The Kier molecular flexibility index (Phi) is 5.46. The lowest BCUT2D eigenvalue weighted by atomic mass is 10.1. The first kappa shape index (κ1) is 13.8. The summed E-state index contributed by atoms with van der Waals surface area (Å²) in [5.41, 5.74) is 1.31. The number of ether oxygens (including phenoxy) is 2. The van der Waals surface area contributed by atoms with Crippen LogP contribution in [0.15, 0.2) is 18.2 Å². The van der Waals surface area contributed by atoms with Crippen molar-refractivity contribution in [3.05, 3.63) is 29.3 Å². The Balaban J connectivity index is 2.64. The second-order valence-electron chi connectivity index (χ2n) is 3.42. The molecule has 4 nitrogen and oxygen atoms in total. The number of aryl methyl sites for hydroxylation is 1. The van der Waals surface area contributed by atoms with Crippen LogP contribution in [-0.4, -0.2) is 25.5 Å². The molecule has 94 valence electrons. The predicted molar refractivity (Wildman–Crippen MR) is 66.5 cm³/mol. The molecule has 0 bridgehead atoms. The van der Waals surface area contributed by atoms with Crippen molar-refractivity contribution in [1.29, 1.82) is 0 Å². The molecule has 1 aromatic rings. The summed E-state index contributed by atoms with van der Waals surface area (Å²) in [6, 6.07) is 5.27. The largest absolute Gasteiger partial charge is 0.480 e. The van der Waals surface area contributed by atoms with Gasteiger partial charge < -0.3 is 9.47 Å². The van der Waals surface area contributed by atoms with Crippen LogP contribution in [0, 0.1) is 18.8 Å². The first-order valence-corrected chi connectivity index (χ1v) is 5.52. The van der Waals surface area contributed by atoms with Crippen LogP contribution < -0.4 is 4.74 Å².